The molecule has 1 aromatic heterocycles. The molecule has 0 spiro atoms. The number of fused-ring (bicyclic) bond motifs is 2. The number of carbonyl (C=O) groups excluding carboxylic acids is 2. The summed E-state index contributed by atoms with van der Waals surface area (Å²) in [5.41, 5.74) is 10.8. The van der Waals surface area contributed by atoms with Gasteiger partial charge in [-0.05, 0) is 66.3 Å². The third-order valence-corrected chi connectivity index (χ3v) is 6.17. The lowest BCUT2D eigenvalue weighted by molar-refractivity contribution is 0.0820. The highest BCUT2D eigenvalue weighted by atomic mass is 16.2. The Bertz CT molecular complexity index is 1130. The molecule has 0 bridgehead atoms. The van der Waals surface area contributed by atoms with Crippen molar-refractivity contribution in [3.63, 3.8) is 0 Å². The van der Waals surface area contributed by atoms with Gasteiger partial charge in [-0.3, -0.25) is 9.59 Å². The fourth-order valence-corrected chi connectivity index (χ4v) is 4.82. The van der Waals surface area contributed by atoms with Gasteiger partial charge in [0.15, 0.2) is 5.82 Å². The Balaban J connectivity index is 2.00. The van der Waals surface area contributed by atoms with E-state index < -0.39 is 5.41 Å². The molecule has 172 valence electrons. The quantitative estimate of drug-likeness (QED) is 0.613. The maximum atomic E-state index is 12.7. The van der Waals surface area contributed by atoms with Crippen LogP contribution in [0, 0.1) is 0 Å². The molecule has 3 N–H and O–H groups in total. The topological polar surface area (TPSA) is 121 Å². The first-order chi connectivity index (χ1) is 15.6. The molecule has 0 radical (unpaired) electrons. The van der Waals surface area contributed by atoms with Gasteiger partial charge in [0.05, 0.1) is 5.41 Å². The number of aromatic amines is 1. The number of H-pyrrole nitrogens is 1. The van der Waals surface area contributed by atoms with Crippen LogP contribution in [0.3, 0.4) is 0 Å². The van der Waals surface area contributed by atoms with E-state index in [2.05, 4.69) is 20.6 Å². The van der Waals surface area contributed by atoms with Gasteiger partial charge in [-0.1, -0.05) is 17.3 Å². The van der Waals surface area contributed by atoms with Crippen molar-refractivity contribution in [1.29, 1.82) is 0 Å². The van der Waals surface area contributed by atoms with Gasteiger partial charge in [0.1, 0.15) is 0 Å². The van der Waals surface area contributed by atoms with E-state index in [1.54, 1.807) is 38.0 Å². The first kappa shape index (κ1) is 22.6. The summed E-state index contributed by atoms with van der Waals surface area (Å²) in [6.07, 6.45) is 1.11. The van der Waals surface area contributed by atoms with Gasteiger partial charge in [0, 0.05) is 45.4 Å². The Morgan fingerprint density at radius 3 is 1.91 bits per heavy atom. The molecule has 4 rings (SSSR count). The maximum Gasteiger partial charge on any atom is 0.253 e. The Kier molecular flexibility index (Phi) is 5.75. The van der Waals surface area contributed by atoms with Crippen LogP contribution in [0.4, 0.5) is 0 Å². The number of hydrogen-bond acceptors (Lipinski definition) is 6. The number of nitrogens with two attached hydrogens (primary N) is 1. The fraction of sp³-hybridized carbons (Fsp3) is 0.375. The number of tetrazole rings is 1. The first-order valence-corrected chi connectivity index (χ1v) is 10.8. The molecule has 33 heavy (non-hydrogen) atoms. The lowest BCUT2D eigenvalue weighted by atomic mass is 9.63. The smallest absolute Gasteiger partial charge is 0.253 e. The molecule has 0 aliphatic heterocycles. The molecule has 9 nitrogen and oxygen atoms in total. The predicted octanol–water partition coefficient (Wildman–Crippen LogP) is 1.58. The number of rotatable bonds is 5. The largest absolute Gasteiger partial charge is 0.345 e. The van der Waals surface area contributed by atoms with Crippen molar-refractivity contribution in [1.82, 2.24) is 30.4 Å². The van der Waals surface area contributed by atoms with Crippen LogP contribution in [0.15, 0.2) is 36.4 Å². The number of benzene rings is 2. The summed E-state index contributed by atoms with van der Waals surface area (Å²) in [6, 6.07) is 11.3. The second kappa shape index (κ2) is 8.40. The number of nitrogens with one attached hydrogen (secondary N) is 1. The number of aromatic nitrogens is 4. The summed E-state index contributed by atoms with van der Waals surface area (Å²) in [7, 11) is 6.93. The molecule has 0 unspecified atom stereocenters. The zero-order valence-corrected chi connectivity index (χ0v) is 19.6. The molecule has 0 fully saturated rings. The molecule has 1 aliphatic rings. The standard InChI is InChI=1S/C24H29N7O2/c1-14(25)13-24(23-26-28-29-27-23)19-8-6-15(21(32)30(2)3)10-17(19)12-18-11-16(7-9-20(18)24)22(33)31(4)5/h6-11,14H,12-13,25H2,1-5H3,(H,26,27,28,29)/t14-/m0/s1. The highest BCUT2D eigenvalue weighted by Crippen LogP contribution is 2.48. The van der Waals surface area contributed by atoms with E-state index in [1.807, 2.05) is 43.3 Å². The van der Waals surface area contributed by atoms with Crippen LogP contribution in [-0.4, -0.2) is 76.5 Å². The van der Waals surface area contributed by atoms with Crippen molar-refractivity contribution >= 4 is 11.8 Å². The monoisotopic (exact) mass is 447 g/mol. The van der Waals surface area contributed by atoms with Gasteiger partial charge in [0.25, 0.3) is 11.8 Å². The number of nitrogens with zero attached hydrogens (tertiary/aromatic N) is 5. The zero-order chi connectivity index (χ0) is 23.9. The normalized spacial score (nSPS) is 14.7. The molecule has 1 heterocycles. The van der Waals surface area contributed by atoms with Crippen molar-refractivity contribution in [2.45, 2.75) is 31.2 Å². The Morgan fingerprint density at radius 1 is 1.00 bits per heavy atom. The van der Waals surface area contributed by atoms with E-state index in [4.69, 9.17) is 5.73 Å². The van der Waals surface area contributed by atoms with Crippen LogP contribution in [-0.2, 0) is 11.8 Å². The van der Waals surface area contributed by atoms with E-state index in [0.29, 0.717) is 29.8 Å². The molecule has 1 atom stereocenters. The molecule has 0 saturated heterocycles. The molecule has 2 amide bonds. The van der Waals surface area contributed by atoms with E-state index in [0.717, 1.165) is 22.3 Å². The van der Waals surface area contributed by atoms with Crippen LogP contribution in [0.1, 0.15) is 62.1 Å². The summed E-state index contributed by atoms with van der Waals surface area (Å²) < 4.78 is 0. The molecule has 2 aromatic carbocycles. The lowest BCUT2D eigenvalue weighted by Crippen LogP contribution is -2.41. The predicted molar refractivity (Wildman–Crippen MR) is 124 cm³/mol. The lowest BCUT2D eigenvalue weighted by Gasteiger charge is -2.40. The highest BCUT2D eigenvalue weighted by molar-refractivity contribution is 5.95. The van der Waals surface area contributed by atoms with Gasteiger partial charge < -0.3 is 15.5 Å². The average Bonchev–Trinajstić information content (AvgIpc) is 3.32. The van der Waals surface area contributed by atoms with Gasteiger partial charge in [0.2, 0.25) is 0 Å². The first-order valence-electron chi connectivity index (χ1n) is 10.8. The van der Waals surface area contributed by atoms with Crippen LogP contribution in [0.5, 0.6) is 0 Å². The van der Waals surface area contributed by atoms with E-state index in [9.17, 15) is 9.59 Å². The second-order valence-electron chi connectivity index (χ2n) is 9.14. The molecule has 3 aromatic rings. The SMILES string of the molecule is C[C@H](N)CC1(c2nn[nH]n2)c2ccc(C(=O)N(C)C)cc2Cc2cc(C(=O)N(C)C)ccc21. The summed E-state index contributed by atoms with van der Waals surface area (Å²) in [4.78, 5) is 28.5. The molecule has 0 saturated carbocycles. The van der Waals surface area contributed by atoms with Gasteiger partial charge in [-0.25, -0.2) is 0 Å². The Labute approximate surface area is 193 Å². The summed E-state index contributed by atoms with van der Waals surface area (Å²) in [5.74, 6) is 0.371. The van der Waals surface area contributed by atoms with Gasteiger partial charge in [-0.15, -0.1) is 10.2 Å². The van der Waals surface area contributed by atoms with E-state index >= 15 is 0 Å². The number of hydrogen-bond donors (Lipinski definition) is 2. The van der Waals surface area contributed by atoms with Crippen molar-refractivity contribution in [3.05, 3.63) is 75.6 Å². The second-order valence-corrected chi connectivity index (χ2v) is 9.14. The minimum absolute atomic E-state index is 0.0718. The van der Waals surface area contributed by atoms with Crippen molar-refractivity contribution in [3.8, 4) is 0 Å². The van der Waals surface area contributed by atoms with Crippen LogP contribution in [0.25, 0.3) is 0 Å². The van der Waals surface area contributed by atoms with Crippen molar-refractivity contribution < 1.29 is 9.59 Å². The summed E-state index contributed by atoms with van der Waals surface area (Å²) in [6.45, 7) is 1.95. The maximum absolute atomic E-state index is 12.7. The zero-order valence-electron chi connectivity index (χ0n) is 19.6. The average molecular weight is 448 g/mol. The summed E-state index contributed by atoms with van der Waals surface area (Å²) >= 11 is 0. The third kappa shape index (κ3) is 3.78. The molecule has 9 heteroatoms. The number of carbonyl (C=O) groups is 2. The van der Waals surface area contributed by atoms with E-state index in [1.165, 1.54) is 0 Å². The van der Waals surface area contributed by atoms with Crippen molar-refractivity contribution in [2.24, 2.45) is 5.73 Å². The van der Waals surface area contributed by atoms with E-state index in [-0.39, 0.29) is 17.9 Å². The minimum atomic E-state index is -0.760. The third-order valence-electron chi connectivity index (χ3n) is 6.17. The highest BCUT2D eigenvalue weighted by Gasteiger charge is 2.46. The Hall–Kier alpha value is -3.59. The van der Waals surface area contributed by atoms with Crippen LogP contribution in [0.2, 0.25) is 0 Å². The van der Waals surface area contributed by atoms with Crippen molar-refractivity contribution in [2.75, 3.05) is 28.2 Å². The molecular weight excluding hydrogens is 418 g/mol. The Morgan fingerprint density at radius 2 is 1.52 bits per heavy atom. The van der Waals surface area contributed by atoms with Crippen LogP contribution >= 0.6 is 0 Å². The molecular formula is C24H29N7O2. The minimum Gasteiger partial charge on any atom is -0.345 e. The molecule has 1 aliphatic carbocycles. The summed E-state index contributed by atoms with van der Waals surface area (Å²) in [5, 5.41) is 15.2. The fourth-order valence-electron chi connectivity index (χ4n) is 4.82. The van der Waals surface area contributed by atoms with Crippen LogP contribution < -0.4 is 5.73 Å². The van der Waals surface area contributed by atoms with Gasteiger partial charge >= 0.3 is 0 Å². The number of amides is 2. The van der Waals surface area contributed by atoms with Gasteiger partial charge in [-0.2, -0.15) is 5.21 Å².